The second-order valence-corrected chi connectivity index (χ2v) is 4.13. The number of para-hydroxylation sites is 2. The summed E-state index contributed by atoms with van der Waals surface area (Å²) in [5.41, 5.74) is -0.169. The van der Waals surface area contributed by atoms with Crippen LogP contribution in [0.15, 0.2) is 43.0 Å². The zero-order valence-corrected chi connectivity index (χ0v) is 10.5. The van der Waals surface area contributed by atoms with Gasteiger partial charge in [0.2, 0.25) is 0 Å². The van der Waals surface area contributed by atoms with Crippen molar-refractivity contribution in [2.24, 2.45) is 0 Å². The molecule has 0 saturated carbocycles. The highest BCUT2D eigenvalue weighted by Crippen LogP contribution is 2.47. The summed E-state index contributed by atoms with van der Waals surface area (Å²) in [4.78, 5) is 3.62. The van der Waals surface area contributed by atoms with E-state index in [1.54, 1.807) is 0 Å². The summed E-state index contributed by atoms with van der Waals surface area (Å²) in [5, 5.41) is 0. The Morgan fingerprint density at radius 3 is 2.14 bits per heavy atom. The van der Waals surface area contributed by atoms with Crippen LogP contribution in [-0.4, -0.2) is 27.8 Å². The fourth-order valence-corrected chi connectivity index (χ4v) is 1.53. The van der Waals surface area contributed by atoms with E-state index in [1.807, 2.05) is 0 Å². The summed E-state index contributed by atoms with van der Waals surface area (Å²) in [5.74, 6) is -7.20. The van der Waals surface area contributed by atoms with Crippen LogP contribution in [0.4, 0.5) is 30.7 Å². The maximum atomic E-state index is 13.3. The Hall–Kier alpha value is -2.26. The number of ether oxygens (including phenoxy) is 1. The van der Waals surface area contributed by atoms with E-state index in [4.69, 9.17) is 0 Å². The zero-order chi connectivity index (χ0) is 16.6. The molecule has 10 heteroatoms. The van der Waals surface area contributed by atoms with Gasteiger partial charge in [0.15, 0.2) is 5.75 Å². The van der Waals surface area contributed by atoms with Gasteiger partial charge in [-0.25, -0.2) is 4.98 Å². The van der Waals surface area contributed by atoms with E-state index in [0.717, 1.165) is 23.0 Å². The molecule has 0 spiro atoms. The van der Waals surface area contributed by atoms with Gasteiger partial charge in [0, 0.05) is 12.4 Å². The Morgan fingerprint density at radius 2 is 1.59 bits per heavy atom. The van der Waals surface area contributed by atoms with Gasteiger partial charge in [-0.05, 0) is 12.1 Å². The predicted octanol–water partition coefficient (Wildman–Crippen LogP) is 4.04. The van der Waals surface area contributed by atoms with Crippen molar-refractivity contribution in [1.82, 2.24) is 9.55 Å². The molecule has 0 bridgehead atoms. The Labute approximate surface area is 118 Å². The molecule has 1 aromatic heterocycles. The van der Waals surface area contributed by atoms with Crippen LogP contribution in [0.2, 0.25) is 0 Å². The quantitative estimate of drug-likeness (QED) is 0.792. The van der Waals surface area contributed by atoms with E-state index in [9.17, 15) is 30.7 Å². The minimum absolute atomic E-state index is 0.169. The van der Waals surface area contributed by atoms with Gasteiger partial charge in [0.05, 0.1) is 12.0 Å². The molecule has 0 saturated heterocycles. The fraction of sp³-hybridized carbons (Fsp3) is 0.250. The molecule has 2 aromatic rings. The molecular formula is C12H7F7N2O. The molecule has 2 rings (SSSR count). The van der Waals surface area contributed by atoms with Crippen molar-refractivity contribution in [3.63, 3.8) is 0 Å². The summed E-state index contributed by atoms with van der Waals surface area (Å²) < 4.78 is 93.3. The van der Waals surface area contributed by atoms with Crippen LogP contribution in [-0.2, 0) is 0 Å². The van der Waals surface area contributed by atoms with Crippen molar-refractivity contribution >= 4 is 0 Å². The SMILES string of the molecule is FC(F)(F)C(F)(F)C(F)(F)Oc1ccccc1-n1ccnc1. The molecule has 0 N–H and O–H groups in total. The molecule has 3 nitrogen and oxygen atoms in total. The Bertz CT molecular complexity index is 637. The zero-order valence-electron chi connectivity index (χ0n) is 10.5. The first-order valence-corrected chi connectivity index (χ1v) is 5.65. The number of benzene rings is 1. The van der Waals surface area contributed by atoms with Crippen LogP contribution in [0.25, 0.3) is 5.69 Å². The highest BCUT2D eigenvalue weighted by molar-refractivity contribution is 5.46. The first-order chi connectivity index (χ1) is 10.1. The normalized spacial score (nSPS) is 13.2. The topological polar surface area (TPSA) is 27.1 Å². The third-order valence-corrected chi connectivity index (χ3v) is 2.61. The summed E-state index contributed by atoms with van der Waals surface area (Å²) >= 11 is 0. The number of aromatic nitrogens is 2. The van der Waals surface area contributed by atoms with E-state index in [-0.39, 0.29) is 5.69 Å². The van der Waals surface area contributed by atoms with Gasteiger partial charge in [0.1, 0.15) is 0 Å². The average molecular weight is 328 g/mol. The van der Waals surface area contributed by atoms with Crippen LogP contribution in [0.1, 0.15) is 0 Å². The first kappa shape index (κ1) is 16.1. The Kier molecular flexibility index (Phi) is 3.80. The third kappa shape index (κ3) is 2.72. The summed E-state index contributed by atoms with van der Waals surface area (Å²) in [6.45, 7) is 0. The molecule has 0 unspecified atom stereocenters. The molecule has 1 heterocycles. The lowest BCUT2D eigenvalue weighted by Crippen LogP contribution is -2.55. The molecule has 0 aliphatic carbocycles. The molecule has 0 aliphatic heterocycles. The number of nitrogens with zero attached hydrogens (tertiary/aromatic N) is 2. The van der Waals surface area contributed by atoms with Gasteiger partial charge in [-0.2, -0.15) is 30.7 Å². The standard InChI is InChI=1S/C12H7F7N2O/c13-10(14,11(15,16)17)12(18,19)22-9-4-2-1-3-8(9)21-6-5-20-7-21/h1-7H. The highest BCUT2D eigenvalue weighted by Gasteiger charge is 2.75. The number of hydrogen-bond acceptors (Lipinski definition) is 2. The number of hydrogen-bond donors (Lipinski definition) is 0. The molecule has 0 aliphatic rings. The summed E-state index contributed by atoms with van der Waals surface area (Å²) in [6, 6.07) is 4.55. The minimum atomic E-state index is -6.46. The van der Waals surface area contributed by atoms with Gasteiger partial charge in [-0.3, -0.25) is 0 Å². The van der Waals surface area contributed by atoms with E-state index < -0.39 is 24.0 Å². The first-order valence-electron chi connectivity index (χ1n) is 5.65. The second-order valence-electron chi connectivity index (χ2n) is 4.13. The fourth-order valence-electron chi connectivity index (χ4n) is 1.53. The lowest BCUT2D eigenvalue weighted by molar-refractivity contribution is -0.402. The number of alkyl halides is 7. The minimum Gasteiger partial charge on any atom is -0.426 e. The number of imidazole rings is 1. The monoisotopic (exact) mass is 328 g/mol. The van der Waals surface area contributed by atoms with Crippen molar-refractivity contribution in [2.45, 2.75) is 18.2 Å². The maximum Gasteiger partial charge on any atom is 0.474 e. The molecule has 1 aromatic carbocycles. The molecule has 0 atom stereocenters. The van der Waals surface area contributed by atoms with Crippen molar-refractivity contribution in [1.29, 1.82) is 0 Å². The second kappa shape index (κ2) is 5.18. The van der Waals surface area contributed by atoms with Gasteiger partial charge in [0.25, 0.3) is 0 Å². The average Bonchev–Trinajstić information content (AvgIpc) is 2.91. The van der Waals surface area contributed by atoms with Crippen LogP contribution in [0, 0.1) is 0 Å². The van der Waals surface area contributed by atoms with Gasteiger partial charge in [-0.1, -0.05) is 12.1 Å². The van der Waals surface area contributed by atoms with Crippen LogP contribution in [0.3, 0.4) is 0 Å². The van der Waals surface area contributed by atoms with Crippen molar-refractivity contribution < 1.29 is 35.5 Å². The van der Waals surface area contributed by atoms with E-state index in [1.165, 1.54) is 24.5 Å². The van der Waals surface area contributed by atoms with Gasteiger partial charge < -0.3 is 9.30 Å². The molecular weight excluding hydrogens is 321 g/mol. The molecule has 22 heavy (non-hydrogen) atoms. The third-order valence-electron chi connectivity index (χ3n) is 2.61. The Morgan fingerprint density at radius 1 is 0.955 bits per heavy atom. The smallest absolute Gasteiger partial charge is 0.426 e. The molecule has 0 fully saturated rings. The summed E-state index contributed by atoms with van der Waals surface area (Å²) in [7, 11) is 0. The van der Waals surface area contributed by atoms with Crippen molar-refractivity contribution in [3.8, 4) is 11.4 Å². The van der Waals surface area contributed by atoms with E-state index in [0.29, 0.717) is 0 Å². The Balaban J connectivity index is 2.39. The lowest BCUT2D eigenvalue weighted by atomic mass is 10.2. The van der Waals surface area contributed by atoms with Crippen LogP contribution < -0.4 is 4.74 Å². The molecule has 0 radical (unpaired) electrons. The molecule has 120 valence electrons. The maximum absolute atomic E-state index is 13.3. The molecule has 0 amide bonds. The predicted molar refractivity (Wildman–Crippen MR) is 60.1 cm³/mol. The number of rotatable bonds is 4. The number of halogens is 7. The largest absolute Gasteiger partial charge is 0.474 e. The van der Waals surface area contributed by atoms with Crippen LogP contribution >= 0.6 is 0 Å². The van der Waals surface area contributed by atoms with Crippen LogP contribution in [0.5, 0.6) is 5.75 Å². The summed E-state index contributed by atoms with van der Waals surface area (Å²) in [6.07, 6.45) is -8.55. The van der Waals surface area contributed by atoms with E-state index >= 15 is 0 Å². The van der Waals surface area contributed by atoms with Gasteiger partial charge in [-0.15, -0.1) is 0 Å². The van der Waals surface area contributed by atoms with E-state index in [2.05, 4.69) is 9.72 Å². The lowest BCUT2D eigenvalue weighted by Gasteiger charge is -2.28. The van der Waals surface area contributed by atoms with Crippen molar-refractivity contribution in [2.75, 3.05) is 0 Å². The van der Waals surface area contributed by atoms with Gasteiger partial charge >= 0.3 is 18.2 Å². The van der Waals surface area contributed by atoms with Crippen molar-refractivity contribution in [3.05, 3.63) is 43.0 Å². The highest BCUT2D eigenvalue weighted by atomic mass is 19.4.